The van der Waals surface area contributed by atoms with Gasteiger partial charge in [0.25, 0.3) is 0 Å². The predicted octanol–water partition coefficient (Wildman–Crippen LogP) is 2.77. The van der Waals surface area contributed by atoms with E-state index in [4.69, 9.17) is 9.47 Å². The largest absolute Gasteiger partial charge is 0.493 e. The van der Waals surface area contributed by atoms with Crippen LogP contribution in [0.1, 0.15) is 32.8 Å². The van der Waals surface area contributed by atoms with E-state index < -0.39 is 6.61 Å². The minimum Gasteiger partial charge on any atom is -0.493 e. The number of piperazine rings is 1. The summed E-state index contributed by atoms with van der Waals surface area (Å²) < 4.78 is 35.9. The highest BCUT2D eigenvalue weighted by Crippen LogP contribution is 2.26. The van der Waals surface area contributed by atoms with Crippen LogP contribution in [0, 0.1) is 0 Å². The number of rotatable bonds is 11. The van der Waals surface area contributed by atoms with Crippen LogP contribution in [0.3, 0.4) is 0 Å². The summed E-state index contributed by atoms with van der Waals surface area (Å²) in [5, 5.41) is 6.51. The number of likely N-dealkylation sites (N-methyl/N-ethyl adjacent to an activating group) is 1. The third kappa shape index (κ3) is 8.49. The number of aliphatic imine (C=N–C) groups is 1. The average Bonchev–Trinajstić information content (AvgIpc) is 2.78. The molecular formula is C22H37F2N5O2. The van der Waals surface area contributed by atoms with Gasteiger partial charge in [-0.3, -0.25) is 9.89 Å². The van der Waals surface area contributed by atoms with Crippen LogP contribution in [0.25, 0.3) is 0 Å². The summed E-state index contributed by atoms with van der Waals surface area (Å²) in [5.74, 6) is 1.24. The third-order valence-corrected chi connectivity index (χ3v) is 5.44. The monoisotopic (exact) mass is 441 g/mol. The number of guanidine groups is 1. The minimum absolute atomic E-state index is 0.105. The highest BCUT2D eigenvalue weighted by molar-refractivity contribution is 5.79. The van der Waals surface area contributed by atoms with Crippen molar-refractivity contribution in [1.82, 2.24) is 20.4 Å². The second-order valence-electron chi connectivity index (χ2n) is 7.62. The molecule has 1 heterocycles. The van der Waals surface area contributed by atoms with Crippen LogP contribution >= 0.6 is 0 Å². The number of hydrogen-bond acceptors (Lipinski definition) is 5. The number of benzene rings is 1. The maximum atomic E-state index is 12.9. The predicted molar refractivity (Wildman–Crippen MR) is 120 cm³/mol. The Morgan fingerprint density at radius 3 is 2.52 bits per heavy atom. The Balaban J connectivity index is 1.88. The summed E-state index contributed by atoms with van der Waals surface area (Å²) in [6, 6.07) is 5.37. The molecule has 0 aromatic heterocycles. The summed E-state index contributed by atoms with van der Waals surface area (Å²) in [4.78, 5) is 9.17. The van der Waals surface area contributed by atoms with Crippen LogP contribution in [0.4, 0.5) is 8.78 Å². The van der Waals surface area contributed by atoms with Crippen molar-refractivity contribution in [1.29, 1.82) is 0 Å². The molecular weight excluding hydrogens is 404 g/mol. The van der Waals surface area contributed by atoms with Crippen LogP contribution < -0.4 is 20.1 Å². The standard InChI is InChI=1S/C22H37F2N5O2/c1-5-13-30-19-8-7-18(20(14-19)31-21(23)24)16-27-22(25-4)26-15-17(3)29-11-9-28(6-2)10-12-29/h7-8,14,17,21H,5-6,9-13,15-16H2,1-4H3,(H2,25,26,27). The van der Waals surface area contributed by atoms with E-state index in [9.17, 15) is 8.78 Å². The lowest BCUT2D eigenvalue weighted by Gasteiger charge is -2.37. The zero-order valence-corrected chi connectivity index (χ0v) is 19.2. The number of ether oxygens (including phenoxy) is 2. The lowest BCUT2D eigenvalue weighted by atomic mass is 10.2. The Hall–Kier alpha value is -2.13. The molecule has 0 bridgehead atoms. The molecule has 0 spiro atoms. The molecule has 1 aliphatic heterocycles. The molecule has 0 amide bonds. The van der Waals surface area contributed by atoms with Crippen LogP contribution in [0.15, 0.2) is 23.2 Å². The van der Waals surface area contributed by atoms with Crippen molar-refractivity contribution in [3.05, 3.63) is 23.8 Å². The molecule has 176 valence electrons. The van der Waals surface area contributed by atoms with Crippen molar-refractivity contribution in [3.8, 4) is 11.5 Å². The second kappa shape index (κ2) is 13.3. The van der Waals surface area contributed by atoms with Crippen molar-refractivity contribution in [2.24, 2.45) is 4.99 Å². The van der Waals surface area contributed by atoms with Crippen LogP contribution in [0.5, 0.6) is 11.5 Å². The Morgan fingerprint density at radius 1 is 1.16 bits per heavy atom. The topological polar surface area (TPSA) is 61.4 Å². The maximum Gasteiger partial charge on any atom is 0.387 e. The second-order valence-corrected chi connectivity index (χ2v) is 7.62. The van der Waals surface area contributed by atoms with Gasteiger partial charge >= 0.3 is 6.61 Å². The number of nitrogens with zero attached hydrogens (tertiary/aromatic N) is 3. The molecule has 1 aliphatic rings. The number of nitrogens with one attached hydrogen (secondary N) is 2. The lowest BCUT2D eigenvalue weighted by molar-refractivity contribution is -0.0505. The fourth-order valence-electron chi connectivity index (χ4n) is 3.49. The van der Waals surface area contributed by atoms with Gasteiger partial charge in [-0.15, -0.1) is 0 Å². The molecule has 1 aromatic rings. The van der Waals surface area contributed by atoms with Gasteiger partial charge in [0, 0.05) is 64.0 Å². The van der Waals surface area contributed by atoms with E-state index in [2.05, 4.69) is 39.3 Å². The molecule has 7 nitrogen and oxygen atoms in total. The number of hydrogen-bond donors (Lipinski definition) is 2. The Bertz CT molecular complexity index is 682. The molecule has 1 fully saturated rings. The van der Waals surface area contributed by atoms with E-state index in [0.29, 0.717) is 36.5 Å². The zero-order valence-electron chi connectivity index (χ0n) is 19.2. The maximum absolute atomic E-state index is 12.9. The Morgan fingerprint density at radius 2 is 1.90 bits per heavy atom. The highest BCUT2D eigenvalue weighted by Gasteiger charge is 2.20. The third-order valence-electron chi connectivity index (χ3n) is 5.44. The van der Waals surface area contributed by atoms with E-state index in [1.54, 1.807) is 19.2 Å². The zero-order chi connectivity index (χ0) is 22.6. The molecule has 0 saturated carbocycles. The van der Waals surface area contributed by atoms with Crippen LogP contribution in [-0.2, 0) is 6.54 Å². The van der Waals surface area contributed by atoms with Crippen LogP contribution in [-0.4, -0.2) is 81.3 Å². The molecule has 2 rings (SSSR count). The molecule has 31 heavy (non-hydrogen) atoms. The molecule has 1 atom stereocenters. The number of halogens is 2. The fraction of sp³-hybridized carbons (Fsp3) is 0.682. The van der Waals surface area contributed by atoms with Gasteiger partial charge in [-0.25, -0.2) is 0 Å². The first-order valence-electron chi connectivity index (χ1n) is 11.1. The molecule has 2 N–H and O–H groups in total. The van der Waals surface area contributed by atoms with Gasteiger partial charge < -0.3 is 25.0 Å². The normalized spacial score (nSPS) is 16.9. The smallest absolute Gasteiger partial charge is 0.387 e. The summed E-state index contributed by atoms with van der Waals surface area (Å²) in [6.45, 7) is 10.5. The van der Waals surface area contributed by atoms with E-state index >= 15 is 0 Å². The van der Waals surface area contributed by atoms with Gasteiger partial charge in [0.1, 0.15) is 11.5 Å². The molecule has 9 heteroatoms. The van der Waals surface area contributed by atoms with E-state index in [1.165, 1.54) is 6.07 Å². The summed E-state index contributed by atoms with van der Waals surface area (Å²) in [5.41, 5.74) is 0.607. The van der Waals surface area contributed by atoms with E-state index in [1.807, 2.05) is 6.92 Å². The SMILES string of the molecule is CCCOc1ccc(CNC(=NC)NCC(C)N2CCN(CC)CC2)c(OC(F)F)c1. The van der Waals surface area contributed by atoms with E-state index in [-0.39, 0.29) is 5.75 Å². The van der Waals surface area contributed by atoms with Crippen molar-refractivity contribution < 1.29 is 18.3 Å². The van der Waals surface area contributed by atoms with Crippen LogP contribution in [0.2, 0.25) is 0 Å². The lowest BCUT2D eigenvalue weighted by Crippen LogP contribution is -2.53. The average molecular weight is 442 g/mol. The summed E-state index contributed by atoms with van der Waals surface area (Å²) >= 11 is 0. The molecule has 1 saturated heterocycles. The number of alkyl halides is 2. The molecule has 0 radical (unpaired) electrons. The summed E-state index contributed by atoms with van der Waals surface area (Å²) in [6.07, 6.45) is 0.836. The van der Waals surface area contributed by atoms with Crippen molar-refractivity contribution in [3.63, 3.8) is 0 Å². The van der Waals surface area contributed by atoms with Gasteiger partial charge in [-0.1, -0.05) is 13.8 Å². The summed E-state index contributed by atoms with van der Waals surface area (Å²) in [7, 11) is 1.69. The van der Waals surface area contributed by atoms with Crippen molar-refractivity contribution in [2.75, 3.05) is 52.9 Å². The van der Waals surface area contributed by atoms with Gasteiger partial charge in [0.15, 0.2) is 5.96 Å². The quantitative estimate of drug-likeness (QED) is 0.407. The molecule has 0 aliphatic carbocycles. The van der Waals surface area contributed by atoms with E-state index in [0.717, 1.165) is 45.7 Å². The Kier molecular flexibility index (Phi) is 10.8. The van der Waals surface area contributed by atoms with Gasteiger partial charge in [-0.2, -0.15) is 8.78 Å². The fourth-order valence-corrected chi connectivity index (χ4v) is 3.49. The van der Waals surface area contributed by atoms with Crippen molar-refractivity contribution in [2.45, 2.75) is 46.4 Å². The molecule has 1 aromatic carbocycles. The minimum atomic E-state index is -2.90. The van der Waals surface area contributed by atoms with Crippen molar-refractivity contribution >= 4 is 5.96 Å². The Labute approximate surface area is 184 Å². The highest BCUT2D eigenvalue weighted by atomic mass is 19.3. The molecule has 1 unspecified atom stereocenters. The van der Waals surface area contributed by atoms with Gasteiger partial charge in [0.05, 0.1) is 6.61 Å². The van der Waals surface area contributed by atoms with Gasteiger partial charge in [0.2, 0.25) is 0 Å². The first kappa shape index (κ1) is 25.1. The van der Waals surface area contributed by atoms with Gasteiger partial charge in [-0.05, 0) is 32.0 Å². The first-order valence-corrected chi connectivity index (χ1v) is 11.1. The first-order chi connectivity index (χ1) is 15.0.